The Labute approximate surface area is 134 Å². The Bertz CT molecular complexity index is 706. The van der Waals surface area contributed by atoms with E-state index in [-0.39, 0.29) is 11.8 Å². The van der Waals surface area contributed by atoms with Gasteiger partial charge in [-0.05, 0) is 49.2 Å². The maximum atomic E-state index is 11.9. The van der Waals surface area contributed by atoms with Crippen LogP contribution in [-0.4, -0.2) is 22.8 Å². The van der Waals surface area contributed by atoms with Gasteiger partial charge in [0.05, 0.1) is 11.9 Å². The minimum Gasteiger partial charge on any atom is -0.354 e. The fourth-order valence-electron chi connectivity index (χ4n) is 2.10. The van der Waals surface area contributed by atoms with Crippen molar-refractivity contribution in [3.63, 3.8) is 0 Å². The highest BCUT2D eigenvalue weighted by Gasteiger charge is 2.24. The van der Waals surface area contributed by atoms with E-state index in [4.69, 9.17) is 0 Å². The first-order valence-corrected chi connectivity index (χ1v) is 7.52. The van der Waals surface area contributed by atoms with Gasteiger partial charge in [0.25, 0.3) is 5.91 Å². The topological polar surface area (TPSA) is 83.1 Å². The van der Waals surface area contributed by atoms with E-state index in [1.807, 2.05) is 30.3 Å². The molecule has 6 heteroatoms. The number of anilines is 3. The van der Waals surface area contributed by atoms with Crippen LogP contribution in [0.5, 0.6) is 0 Å². The van der Waals surface area contributed by atoms with Crippen LogP contribution in [-0.2, 0) is 4.79 Å². The summed E-state index contributed by atoms with van der Waals surface area (Å²) >= 11 is 0. The van der Waals surface area contributed by atoms with Crippen molar-refractivity contribution in [2.45, 2.75) is 25.8 Å². The fourth-order valence-corrected chi connectivity index (χ4v) is 2.10. The minimum absolute atomic E-state index is 0.102. The van der Waals surface area contributed by atoms with Crippen molar-refractivity contribution in [1.82, 2.24) is 10.3 Å². The molecule has 118 valence electrons. The van der Waals surface area contributed by atoms with Gasteiger partial charge in [-0.25, -0.2) is 4.98 Å². The molecule has 1 heterocycles. The SMILES string of the molecule is CC(=O)Nc1ccc(Nc2ccc(C(=O)NC3CC3)nc2)cc1. The van der Waals surface area contributed by atoms with Gasteiger partial charge in [-0.2, -0.15) is 0 Å². The lowest BCUT2D eigenvalue weighted by Crippen LogP contribution is -2.26. The first kappa shape index (κ1) is 15.0. The molecule has 6 nitrogen and oxygen atoms in total. The Balaban J connectivity index is 1.61. The van der Waals surface area contributed by atoms with Crippen LogP contribution in [0.1, 0.15) is 30.3 Å². The van der Waals surface area contributed by atoms with Crippen molar-refractivity contribution in [2.24, 2.45) is 0 Å². The van der Waals surface area contributed by atoms with Crippen LogP contribution >= 0.6 is 0 Å². The lowest BCUT2D eigenvalue weighted by atomic mass is 10.2. The molecule has 1 saturated carbocycles. The second-order valence-corrected chi connectivity index (χ2v) is 5.56. The quantitative estimate of drug-likeness (QED) is 0.793. The number of amides is 2. The van der Waals surface area contributed by atoms with Crippen LogP contribution in [0.3, 0.4) is 0 Å². The lowest BCUT2D eigenvalue weighted by Gasteiger charge is -2.08. The lowest BCUT2D eigenvalue weighted by molar-refractivity contribution is -0.114. The number of hydrogen-bond acceptors (Lipinski definition) is 4. The number of aromatic nitrogens is 1. The fraction of sp³-hybridized carbons (Fsp3) is 0.235. The maximum Gasteiger partial charge on any atom is 0.270 e. The smallest absolute Gasteiger partial charge is 0.270 e. The van der Waals surface area contributed by atoms with Gasteiger partial charge in [-0.3, -0.25) is 9.59 Å². The minimum atomic E-state index is -0.126. The van der Waals surface area contributed by atoms with Gasteiger partial charge >= 0.3 is 0 Å². The van der Waals surface area contributed by atoms with E-state index in [0.717, 1.165) is 29.9 Å². The molecule has 0 unspecified atom stereocenters. The average Bonchev–Trinajstić information content (AvgIpc) is 3.33. The molecule has 0 bridgehead atoms. The zero-order valence-corrected chi connectivity index (χ0v) is 12.8. The molecular weight excluding hydrogens is 292 g/mol. The zero-order valence-electron chi connectivity index (χ0n) is 12.8. The number of carbonyl (C=O) groups is 2. The van der Waals surface area contributed by atoms with Crippen molar-refractivity contribution in [2.75, 3.05) is 10.6 Å². The zero-order chi connectivity index (χ0) is 16.2. The normalized spacial score (nSPS) is 13.3. The Morgan fingerprint density at radius 3 is 2.22 bits per heavy atom. The van der Waals surface area contributed by atoms with Gasteiger partial charge in [0.1, 0.15) is 5.69 Å². The number of pyridine rings is 1. The number of rotatable bonds is 5. The molecule has 1 aliphatic carbocycles. The molecule has 1 aromatic carbocycles. The van der Waals surface area contributed by atoms with Gasteiger partial charge in [-0.1, -0.05) is 0 Å². The molecule has 1 fully saturated rings. The molecule has 23 heavy (non-hydrogen) atoms. The van der Waals surface area contributed by atoms with Crippen LogP contribution in [0.4, 0.5) is 17.1 Å². The standard InChI is InChI=1S/C17H18N4O2/c1-11(22)19-12-2-4-13(5-3-12)20-15-8-9-16(18-10-15)17(23)21-14-6-7-14/h2-5,8-10,14,20H,6-7H2,1H3,(H,19,22)(H,21,23). The van der Waals surface area contributed by atoms with E-state index in [9.17, 15) is 9.59 Å². The molecule has 0 spiro atoms. The third kappa shape index (κ3) is 4.29. The van der Waals surface area contributed by atoms with Gasteiger partial charge in [0.15, 0.2) is 0 Å². The molecule has 1 aromatic heterocycles. The average molecular weight is 310 g/mol. The van der Waals surface area contributed by atoms with Crippen LogP contribution in [0, 0.1) is 0 Å². The summed E-state index contributed by atoms with van der Waals surface area (Å²) in [5.41, 5.74) is 2.83. The number of benzene rings is 1. The molecule has 1 aliphatic rings. The third-order valence-electron chi connectivity index (χ3n) is 3.40. The highest BCUT2D eigenvalue weighted by Crippen LogP contribution is 2.20. The Kier molecular flexibility index (Phi) is 4.23. The molecule has 2 amide bonds. The van der Waals surface area contributed by atoms with Gasteiger partial charge < -0.3 is 16.0 Å². The first-order chi connectivity index (χ1) is 11.1. The summed E-state index contributed by atoms with van der Waals surface area (Å²) in [4.78, 5) is 27.0. The van der Waals surface area contributed by atoms with E-state index in [1.54, 1.807) is 12.3 Å². The summed E-state index contributed by atoms with van der Waals surface area (Å²) in [6, 6.07) is 11.2. The van der Waals surface area contributed by atoms with E-state index >= 15 is 0 Å². The molecular formula is C17H18N4O2. The predicted octanol–water partition coefficient (Wildman–Crippen LogP) is 2.68. The number of hydrogen-bond donors (Lipinski definition) is 3. The van der Waals surface area contributed by atoms with Gasteiger partial charge in [0.2, 0.25) is 5.91 Å². The summed E-state index contributed by atoms with van der Waals surface area (Å²) < 4.78 is 0. The monoisotopic (exact) mass is 310 g/mol. The Morgan fingerprint density at radius 2 is 1.65 bits per heavy atom. The van der Waals surface area contributed by atoms with Crippen LogP contribution < -0.4 is 16.0 Å². The van der Waals surface area contributed by atoms with Crippen LogP contribution in [0.25, 0.3) is 0 Å². The third-order valence-corrected chi connectivity index (χ3v) is 3.40. The largest absolute Gasteiger partial charge is 0.354 e. The Hall–Kier alpha value is -2.89. The second kappa shape index (κ2) is 6.48. The number of carbonyl (C=O) groups excluding carboxylic acids is 2. The highest BCUT2D eigenvalue weighted by atomic mass is 16.2. The van der Waals surface area contributed by atoms with Crippen LogP contribution in [0.2, 0.25) is 0 Å². The summed E-state index contributed by atoms with van der Waals surface area (Å²) in [6.07, 6.45) is 3.74. The van der Waals surface area contributed by atoms with E-state index in [0.29, 0.717) is 11.7 Å². The Morgan fingerprint density at radius 1 is 1.00 bits per heavy atom. The summed E-state index contributed by atoms with van der Waals surface area (Å²) in [5.74, 6) is -0.228. The second-order valence-electron chi connectivity index (χ2n) is 5.56. The first-order valence-electron chi connectivity index (χ1n) is 7.52. The number of nitrogens with one attached hydrogen (secondary N) is 3. The molecule has 0 atom stereocenters. The summed E-state index contributed by atoms with van der Waals surface area (Å²) in [7, 11) is 0. The molecule has 0 radical (unpaired) electrons. The van der Waals surface area contributed by atoms with E-state index in [1.165, 1.54) is 6.92 Å². The van der Waals surface area contributed by atoms with E-state index in [2.05, 4.69) is 20.9 Å². The molecule has 0 aliphatic heterocycles. The maximum absolute atomic E-state index is 11.9. The van der Waals surface area contributed by atoms with Crippen molar-refractivity contribution in [1.29, 1.82) is 0 Å². The van der Waals surface area contributed by atoms with Gasteiger partial charge in [-0.15, -0.1) is 0 Å². The van der Waals surface area contributed by atoms with Crippen molar-refractivity contribution in [3.05, 3.63) is 48.3 Å². The van der Waals surface area contributed by atoms with Gasteiger partial charge in [0, 0.05) is 24.3 Å². The predicted molar refractivity (Wildman–Crippen MR) is 88.8 cm³/mol. The summed E-state index contributed by atoms with van der Waals surface area (Å²) in [6.45, 7) is 1.47. The molecule has 0 saturated heterocycles. The van der Waals surface area contributed by atoms with Crippen LogP contribution in [0.15, 0.2) is 42.6 Å². The molecule has 2 aromatic rings. The highest BCUT2D eigenvalue weighted by molar-refractivity contribution is 5.93. The molecule has 3 rings (SSSR count). The van der Waals surface area contributed by atoms with Crippen molar-refractivity contribution < 1.29 is 9.59 Å². The van der Waals surface area contributed by atoms with Crippen molar-refractivity contribution in [3.8, 4) is 0 Å². The number of nitrogens with zero attached hydrogens (tertiary/aromatic N) is 1. The van der Waals surface area contributed by atoms with Crippen molar-refractivity contribution >= 4 is 28.9 Å². The molecule has 3 N–H and O–H groups in total. The summed E-state index contributed by atoms with van der Waals surface area (Å²) in [5, 5.41) is 8.81. The van der Waals surface area contributed by atoms with E-state index < -0.39 is 0 Å².